The topological polar surface area (TPSA) is 29.5 Å². The van der Waals surface area contributed by atoms with Crippen LogP contribution in [0.4, 0.5) is 5.69 Å². The maximum atomic E-state index is 13.8. The van der Waals surface area contributed by atoms with Crippen molar-refractivity contribution in [2.75, 3.05) is 12.0 Å². The van der Waals surface area contributed by atoms with Crippen molar-refractivity contribution in [2.45, 2.75) is 5.72 Å². The van der Waals surface area contributed by atoms with Crippen LogP contribution in [0.3, 0.4) is 0 Å². The van der Waals surface area contributed by atoms with Crippen LogP contribution >= 0.6 is 0 Å². The van der Waals surface area contributed by atoms with Gasteiger partial charge in [0.1, 0.15) is 0 Å². The van der Waals surface area contributed by atoms with E-state index in [0.29, 0.717) is 5.56 Å². The van der Waals surface area contributed by atoms with E-state index in [2.05, 4.69) is 12.1 Å². The average molecular weight is 391 g/mol. The second-order valence-electron chi connectivity index (χ2n) is 7.28. The van der Waals surface area contributed by atoms with Crippen molar-refractivity contribution in [2.24, 2.45) is 0 Å². The minimum Gasteiger partial charge on any atom is -0.350 e. The zero-order valence-corrected chi connectivity index (χ0v) is 16.7. The van der Waals surface area contributed by atoms with E-state index < -0.39 is 5.72 Å². The highest BCUT2D eigenvalue weighted by Crippen LogP contribution is 2.49. The molecule has 1 atom stereocenters. The molecule has 4 aromatic carbocycles. The molecule has 0 N–H and O–H groups in total. The summed E-state index contributed by atoms with van der Waals surface area (Å²) in [6, 6.07) is 35.8. The van der Waals surface area contributed by atoms with Crippen LogP contribution in [0.5, 0.6) is 0 Å². The number of nitrogens with zero attached hydrogens (tertiary/aromatic N) is 1. The first kappa shape index (κ1) is 18.3. The van der Waals surface area contributed by atoms with Crippen LogP contribution in [-0.2, 0) is 10.5 Å². The van der Waals surface area contributed by atoms with Gasteiger partial charge in [0.25, 0.3) is 5.91 Å². The fourth-order valence-corrected chi connectivity index (χ4v) is 4.43. The Hall–Kier alpha value is -3.69. The van der Waals surface area contributed by atoms with Crippen LogP contribution in [0.15, 0.2) is 109 Å². The van der Waals surface area contributed by atoms with Crippen LogP contribution in [0.1, 0.15) is 21.5 Å². The number of methoxy groups -OCH3 is 1. The number of carbonyl (C=O) groups is 1. The van der Waals surface area contributed by atoms with E-state index in [1.165, 1.54) is 0 Å². The number of amides is 1. The van der Waals surface area contributed by atoms with E-state index in [1.54, 1.807) is 12.0 Å². The summed E-state index contributed by atoms with van der Waals surface area (Å²) in [6.45, 7) is 0. The predicted octanol–water partition coefficient (Wildman–Crippen LogP) is 5.86. The molecule has 0 saturated carbocycles. The van der Waals surface area contributed by atoms with E-state index in [1.807, 2.05) is 97.1 Å². The second kappa shape index (κ2) is 7.29. The number of hydrogen-bond donors (Lipinski definition) is 0. The molecule has 1 aliphatic rings. The summed E-state index contributed by atoms with van der Waals surface area (Å²) in [5, 5.41) is 0. The molecule has 1 heterocycles. The fraction of sp³-hybridized carbons (Fsp3) is 0.0741. The average Bonchev–Trinajstić information content (AvgIpc) is 3.09. The maximum absolute atomic E-state index is 13.8. The van der Waals surface area contributed by atoms with Gasteiger partial charge in [-0.1, -0.05) is 97.1 Å². The third-order valence-electron chi connectivity index (χ3n) is 5.73. The highest BCUT2D eigenvalue weighted by atomic mass is 16.5. The zero-order chi connectivity index (χ0) is 20.6. The number of hydrogen-bond acceptors (Lipinski definition) is 2. The molecule has 3 nitrogen and oxygen atoms in total. The predicted molar refractivity (Wildman–Crippen MR) is 119 cm³/mol. The minimum absolute atomic E-state index is 0.0697. The van der Waals surface area contributed by atoms with E-state index in [9.17, 15) is 4.79 Å². The Labute approximate surface area is 176 Å². The van der Waals surface area contributed by atoms with Gasteiger partial charge in [0.05, 0.1) is 5.69 Å². The van der Waals surface area contributed by atoms with Crippen molar-refractivity contribution in [3.63, 3.8) is 0 Å². The van der Waals surface area contributed by atoms with Gasteiger partial charge in [-0.25, -0.2) is 0 Å². The number of carbonyl (C=O) groups excluding carboxylic acids is 1. The number of fused-ring (bicyclic) bond motifs is 1. The molecule has 0 aromatic heterocycles. The third kappa shape index (κ3) is 2.60. The van der Waals surface area contributed by atoms with Crippen LogP contribution in [-0.4, -0.2) is 13.0 Å². The quantitative estimate of drug-likeness (QED) is 0.436. The number of para-hydroxylation sites is 1. The highest BCUT2D eigenvalue weighted by Gasteiger charge is 2.52. The molecule has 0 fully saturated rings. The largest absolute Gasteiger partial charge is 0.350 e. The van der Waals surface area contributed by atoms with Crippen molar-refractivity contribution in [1.82, 2.24) is 0 Å². The fourth-order valence-electron chi connectivity index (χ4n) is 4.43. The molecular formula is C27H21NO2. The first-order valence-corrected chi connectivity index (χ1v) is 9.96. The van der Waals surface area contributed by atoms with Crippen molar-refractivity contribution in [3.05, 3.63) is 126 Å². The lowest BCUT2D eigenvalue weighted by Crippen LogP contribution is -2.46. The Morgan fingerprint density at radius 2 is 1.23 bits per heavy atom. The Kier molecular flexibility index (Phi) is 4.46. The highest BCUT2D eigenvalue weighted by molar-refractivity contribution is 6.14. The molecule has 0 bridgehead atoms. The third-order valence-corrected chi connectivity index (χ3v) is 5.73. The summed E-state index contributed by atoms with van der Waals surface area (Å²) >= 11 is 0. The monoisotopic (exact) mass is 391 g/mol. The molecule has 4 aromatic rings. The van der Waals surface area contributed by atoms with Gasteiger partial charge in [-0.2, -0.15) is 0 Å². The standard InChI is InChI=1S/C27H21NO2/c1-30-27(21-14-6-3-7-15-21)24-18-10-8-17-23(24)26(29)28(27)25-19-11-9-16-22(25)20-12-4-2-5-13-20/h2-19H,1H3. The molecular weight excluding hydrogens is 370 g/mol. The first-order chi connectivity index (χ1) is 14.8. The van der Waals surface area contributed by atoms with Crippen molar-refractivity contribution in [3.8, 4) is 11.1 Å². The number of rotatable bonds is 4. The van der Waals surface area contributed by atoms with E-state index in [0.717, 1.165) is 27.9 Å². The SMILES string of the molecule is COC1(c2ccccc2)c2ccccc2C(=O)N1c1ccccc1-c1ccccc1. The Balaban J connectivity index is 1.82. The van der Waals surface area contributed by atoms with Crippen LogP contribution in [0, 0.1) is 0 Å². The first-order valence-electron chi connectivity index (χ1n) is 9.96. The Morgan fingerprint density at radius 1 is 0.667 bits per heavy atom. The maximum Gasteiger partial charge on any atom is 0.261 e. The summed E-state index contributed by atoms with van der Waals surface area (Å²) < 4.78 is 6.24. The van der Waals surface area contributed by atoms with Gasteiger partial charge >= 0.3 is 0 Å². The van der Waals surface area contributed by atoms with Crippen LogP contribution in [0.25, 0.3) is 11.1 Å². The summed E-state index contributed by atoms with van der Waals surface area (Å²) in [4.78, 5) is 15.6. The van der Waals surface area contributed by atoms with Gasteiger partial charge in [0, 0.05) is 29.4 Å². The summed E-state index contributed by atoms with van der Waals surface area (Å²) in [6.07, 6.45) is 0. The number of benzene rings is 4. The molecule has 3 heteroatoms. The van der Waals surface area contributed by atoms with Crippen LogP contribution < -0.4 is 4.90 Å². The molecule has 1 amide bonds. The molecule has 0 aliphatic carbocycles. The van der Waals surface area contributed by atoms with E-state index in [-0.39, 0.29) is 5.91 Å². The van der Waals surface area contributed by atoms with Gasteiger partial charge in [0.15, 0.2) is 0 Å². The summed E-state index contributed by atoms with van der Waals surface area (Å²) in [5.41, 5.74) is 4.23. The normalized spacial score (nSPS) is 17.8. The van der Waals surface area contributed by atoms with Crippen molar-refractivity contribution < 1.29 is 9.53 Å². The lowest BCUT2D eigenvalue weighted by atomic mass is 9.92. The molecule has 0 radical (unpaired) electrons. The smallest absolute Gasteiger partial charge is 0.261 e. The van der Waals surface area contributed by atoms with Gasteiger partial charge in [-0.05, 0) is 17.7 Å². The van der Waals surface area contributed by atoms with Crippen molar-refractivity contribution in [1.29, 1.82) is 0 Å². The molecule has 0 spiro atoms. The molecule has 146 valence electrons. The van der Waals surface area contributed by atoms with Crippen LogP contribution in [0.2, 0.25) is 0 Å². The Bertz CT molecular complexity index is 1200. The lowest BCUT2D eigenvalue weighted by molar-refractivity contribution is 0.0260. The van der Waals surface area contributed by atoms with Gasteiger partial charge < -0.3 is 4.74 Å². The van der Waals surface area contributed by atoms with Gasteiger partial charge in [0.2, 0.25) is 5.72 Å². The lowest BCUT2D eigenvalue weighted by Gasteiger charge is -2.39. The van der Waals surface area contributed by atoms with Gasteiger partial charge in [-0.15, -0.1) is 0 Å². The number of ether oxygens (including phenoxy) is 1. The summed E-state index contributed by atoms with van der Waals surface area (Å²) in [7, 11) is 1.67. The summed E-state index contributed by atoms with van der Waals surface area (Å²) in [5.74, 6) is -0.0697. The minimum atomic E-state index is -1.04. The number of anilines is 1. The molecule has 30 heavy (non-hydrogen) atoms. The Morgan fingerprint density at radius 3 is 1.93 bits per heavy atom. The van der Waals surface area contributed by atoms with Gasteiger partial charge in [-0.3, -0.25) is 9.69 Å². The molecule has 1 aliphatic heterocycles. The van der Waals surface area contributed by atoms with E-state index >= 15 is 0 Å². The zero-order valence-electron chi connectivity index (χ0n) is 16.7. The van der Waals surface area contributed by atoms with E-state index in [4.69, 9.17) is 4.74 Å². The molecule has 1 unspecified atom stereocenters. The van der Waals surface area contributed by atoms with Crippen molar-refractivity contribution >= 4 is 11.6 Å². The molecule has 5 rings (SSSR count). The molecule has 0 saturated heterocycles. The second-order valence-corrected chi connectivity index (χ2v) is 7.28.